The molecule has 0 spiro atoms. The SMILES string of the molecule is CCC(C)N1C(N)=NCC1(C)c1ccccc1F. The molecule has 3 nitrogen and oxygen atoms in total. The molecule has 2 N–H and O–H groups in total. The van der Waals surface area contributed by atoms with E-state index in [-0.39, 0.29) is 11.9 Å². The minimum Gasteiger partial charge on any atom is -0.370 e. The first-order valence-corrected chi connectivity index (χ1v) is 6.35. The lowest BCUT2D eigenvalue weighted by Crippen LogP contribution is -2.52. The maximum absolute atomic E-state index is 14.0. The zero-order valence-corrected chi connectivity index (χ0v) is 11.2. The van der Waals surface area contributed by atoms with Gasteiger partial charge in [0.1, 0.15) is 5.82 Å². The third-order valence-electron chi connectivity index (χ3n) is 3.81. The van der Waals surface area contributed by atoms with Gasteiger partial charge in [-0.15, -0.1) is 0 Å². The largest absolute Gasteiger partial charge is 0.370 e. The number of aliphatic imine (C=N–C) groups is 1. The summed E-state index contributed by atoms with van der Waals surface area (Å²) in [7, 11) is 0. The fourth-order valence-electron chi connectivity index (χ4n) is 2.65. The van der Waals surface area contributed by atoms with Crippen molar-refractivity contribution in [3.8, 4) is 0 Å². The van der Waals surface area contributed by atoms with Crippen molar-refractivity contribution in [3.63, 3.8) is 0 Å². The van der Waals surface area contributed by atoms with E-state index in [0.29, 0.717) is 18.1 Å². The second-order valence-corrected chi connectivity index (χ2v) is 5.06. The van der Waals surface area contributed by atoms with Crippen molar-refractivity contribution in [1.29, 1.82) is 0 Å². The van der Waals surface area contributed by atoms with Gasteiger partial charge in [-0.2, -0.15) is 0 Å². The Bertz CT molecular complexity index is 472. The summed E-state index contributed by atoms with van der Waals surface area (Å²) in [5, 5.41) is 0. The van der Waals surface area contributed by atoms with Gasteiger partial charge in [0.15, 0.2) is 5.96 Å². The third-order valence-corrected chi connectivity index (χ3v) is 3.81. The van der Waals surface area contributed by atoms with Crippen LogP contribution in [0.2, 0.25) is 0 Å². The summed E-state index contributed by atoms with van der Waals surface area (Å²) in [5.74, 6) is 0.313. The maximum atomic E-state index is 14.0. The summed E-state index contributed by atoms with van der Waals surface area (Å²) in [6.07, 6.45) is 0.945. The summed E-state index contributed by atoms with van der Waals surface area (Å²) in [5.41, 5.74) is 6.15. The Morgan fingerprint density at radius 3 is 2.78 bits per heavy atom. The zero-order chi connectivity index (χ0) is 13.3. The van der Waals surface area contributed by atoms with Crippen LogP contribution in [0.1, 0.15) is 32.8 Å². The molecule has 2 atom stereocenters. The van der Waals surface area contributed by atoms with Gasteiger partial charge in [0.2, 0.25) is 0 Å². The molecule has 0 bridgehead atoms. The monoisotopic (exact) mass is 249 g/mol. The van der Waals surface area contributed by atoms with Crippen LogP contribution >= 0.6 is 0 Å². The first-order chi connectivity index (χ1) is 8.50. The highest BCUT2D eigenvalue weighted by Crippen LogP contribution is 2.36. The van der Waals surface area contributed by atoms with E-state index in [1.54, 1.807) is 6.07 Å². The molecule has 98 valence electrons. The molecular formula is C14H20FN3. The quantitative estimate of drug-likeness (QED) is 0.894. The van der Waals surface area contributed by atoms with E-state index in [1.807, 2.05) is 24.0 Å². The smallest absolute Gasteiger partial charge is 0.192 e. The zero-order valence-electron chi connectivity index (χ0n) is 11.2. The van der Waals surface area contributed by atoms with E-state index in [1.165, 1.54) is 6.07 Å². The van der Waals surface area contributed by atoms with Gasteiger partial charge < -0.3 is 10.6 Å². The first kappa shape index (κ1) is 12.9. The van der Waals surface area contributed by atoms with Crippen molar-refractivity contribution >= 4 is 5.96 Å². The van der Waals surface area contributed by atoms with E-state index >= 15 is 0 Å². The molecule has 0 saturated carbocycles. The molecule has 1 aromatic carbocycles. The van der Waals surface area contributed by atoms with Gasteiger partial charge in [0.05, 0.1) is 12.1 Å². The van der Waals surface area contributed by atoms with E-state index in [9.17, 15) is 4.39 Å². The van der Waals surface area contributed by atoms with Crippen LogP contribution in [-0.4, -0.2) is 23.4 Å². The number of hydrogen-bond donors (Lipinski definition) is 1. The predicted octanol–water partition coefficient (Wildman–Crippen LogP) is 2.47. The van der Waals surface area contributed by atoms with Gasteiger partial charge >= 0.3 is 0 Å². The van der Waals surface area contributed by atoms with Gasteiger partial charge in [0.25, 0.3) is 0 Å². The van der Waals surface area contributed by atoms with Crippen molar-refractivity contribution < 1.29 is 4.39 Å². The lowest BCUT2D eigenvalue weighted by molar-refractivity contribution is 0.167. The van der Waals surface area contributed by atoms with Crippen LogP contribution in [0.15, 0.2) is 29.3 Å². The molecular weight excluding hydrogens is 229 g/mol. The second-order valence-electron chi connectivity index (χ2n) is 5.06. The molecule has 1 aromatic rings. The summed E-state index contributed by atoms with van der Waals surface area (Å²) in [4.78, 5) is 6.34. The van der Waals surface area contributed by atoms with Gasteiger partial charge in [-0.3, -0.25) is 4.99 Å². The van der Waals surface area contributed by atoms with Crippen molar-refractivity contribution in [2.24, 2.45) is 10.7 Å². The molecule has 1 aliphatic heterocycles. The van der Waals surface area contributed by atoms with Crippen LogP contribution in [0.5, 0.6) is 0 Å². The Kier molecular flexibility index (Phi) is 3.28. The molecule has 1 aliphatic rings. The summed E-state index contributed by atoms with van der Waals surface area (Å²) in [6.45, 7) is 6.69. The molecule has 0 radical (unpaired) electrons. The van der Waals surface area contributed by atoms with Crippen LogP contribution in [-0.2, 0) is 5.54 Å². The minimum absolute atomic E-state index is 0.196. The number of rotatable bonds is 3. The third kappa shape index (κ3) is 1.85. The predicted molar refractivity (Wildman–Crippen MR) is 71.8 cm³/mol. The minimum atomic E-state index is -0.481. The Labute approximate surface area is 108 Å². The molecule has 18 heavy (non-hydrogen) atoms. The molecule has 2 unspecified atom stereocenters. The topological polar surface area (TPSA) is 41.6 Å². The lowest BCUT2D eigenvalue weighted by atomic mass is 9.89. The van der Waals surface area contributed by atoms with Gasteiger partial charge in [-0.1, -0.05) is 25.1 Å². The van der Waals surface area contributed by atoms with Gasteiger partial charge in [-0.05, 0) is 26.3 Å². The number of halogens is 1. The van der Waals surface area contributed by atoms with E-state index in [4.69, 9.17) is 5.73 Å². The Morgan fingerprint density at radius 2 is 2.17 bits per heavy atom. The molecule has 1 heterocycles. The van der Waals surface area contributed by atoms with Crippen molar-refractivity contribution in [1.82, 2.24) is 4.90 Å². The Morgan fingerprint density at radius 1 is 1.50 bits per heavy atom. The highest BCUT2D eigenvalue weighted by molar-refractivity contribution is 5.81. The van der Waals surface area contributed by atoms with Crippen molar-refractivity contribution in [2.75, 3.05) is 6.54 Å². The van der Waals surface area contributed by atoms with Crippen LogP contribution in [0.3, 0.4) is 0 Å². The van der Waals surface area contributed by atoms with E-state index in [2.05, 4.69) is 18.8 Å². The molecule has 0 amide bonds. The number of hydrogen-bond acceptors (Lipinski definition) is 3. The van der Waals surface area contributed by atoms with Crippen LogP contribution < -0.4 is 5.73 Å². The van der Waals surface area contributed by atoms with Crippen molar-refractivity contribution in [2.45, 2.75) is 38.8 Å². The molecule has 0 saturated heterocycles. The summed E-state index contributed by atoms with van der Waals surface area (Å²) >= 11 is 0. The van der Waals surface area contributed by atoms with E-state index < -0.39 is 5.54 Å². The summed E-state index contributed by atoms with van der Waals surface area (Å²) < 4.78 is 14.0. The normalized spacial score (nSPS) is 25.1. The fourth-order valence-corrected chi connectivity index (χ4v) is 2.65. The number of nitrogens with two attached hydrogens (primary N) is 1. The highest BCUT2D eigenvalue weighted by atomic mass is 19.1. The van der Waals surface area contributed by atoms with Gasteiger partial charge in [-0.25, -0.2) is 4.39 Å². The lowest BCUT2D eigenvalue weighted by Gasteiger charge is -2.40. The molecule has 2 rings (SSSR count). The Hall–Kier alpha value is -1.58. The molecule has 4 heteroatoms. The molecule has 0 aromatic heterocycles. The standard InChI is InChI=1S/C14H20FN3/c1-4-10(2)18-13(16)17-9-14(18,3)11-7-5-6-8-12(11)15/h5-8,10H,4,9H2,1-3H3,(H2,16,17). The fraction of sp³-hybridized carbons (Fsp3) is 0.500. The van der Waals surface area contributed by atoms with Crippen LogP contribution in [0, 0.1) is 5.82 Å². The highest BCUT2D eigenvalue weighted by Gasteiger charge is 2.42. The maximum Gasteiger partial charge on any atom is 0.192 e. The Balaban J connectivity index is 2.45. The first-order valence-electron chi connectivity index (χ1n) is 6.35. The van der Waals surface area contributed by atoms with Gasteiger partial charge in [0, 0.05) is 11.6 Å². The second kappa shape index (κ2) is 4.59. The summed E-state index contributed by atoms with van der Waals surface area (Å²) in [6, 6.07) is 7.10. The molecule has 0 fully saturated rings. The number of guanidine groups is 1. The van der Waals surface area contributed by atoms with Crippen LogP contribution in [0.25, 0.3) is 0 Å². The molecule has 0 aliphatic carbocycles. The van der Waals surface area contributed by atoms with Crippen molar-refractivity contribution in [3.05, 3.63) is 35.6 Å². The number of nitrogens with zero attached hydrogens (tertiary/aromatic N) is 2. The average molecular weight is 249 g/mol. The number of benzene rings is 1. The average Bonchev–Trinajstić information content (AvgIpc) is 2.66. The van der Waals surface area contributed by atoms with E-state index in [0.717, 1.165) is 6.42 Å². The van der Waals surface area contributed by atoms with Crippen LogP contribution in [0.4, 0.5) is 4.39 Å².